The number of para-hydroxylation sites is 1. The van der Waals surface area contributed by atoms with Crippen LogP contribution in [0.4, 0.5) is 5.69 Å². The van der Waals surface area contributed by atoms with Gasteiger partial charge in [0.25, 0.3) is 0 Å². The van der Waals surface area contributed by atoms with Crippen LogP contribution in [0.3, 0.4) is 0 Å². The number of hydrogen-bond acceptors (Lipinski definition) is 5. The number of rotatable bonds is 9. The van der Waals surface area contributed by atoms with E-state index in [0.29, 0.717) is 25.0 Å². The van der Waals surface area contributed by atoms with Gasteiger partial charge in [-0.2, -0.15) is 0 Å². The number of nitrogens with one attached hydrogen (secondary N) is 1. The molecular weight excluding hydrogens is 300 g/mol. The van der Waals surface area contributed by atoms with Gasteiger partial charge in [0, 0.05) is 13.0 Å². The molecule has 0 bridgehead atoms. The zero-order valence-corrected chi connectivity index (χ0v) is 13.0. The molecule has 7 heteroatoms. The van der Waals surface area contributed by atoms with E-state index in [2.05, 4.69) is 5.32 Å². The van der Waals surface area contributed by atoms with Crippen molar-refractivity contribution in [1.82, 2.24) is 5.32 Å². The lowest BCUT2D eigenvalue weighted by atomic mass is 10.1. The Hall–Kier alpha value is -2.44. The largest absolute Gasteiger partial charge is 0.484 e. The molecule has 1 aliphatic carbocycles. The molecule has 1 fully saturated rings. The van der Waals surface area contributed by atoms with E-state index in [9.17, 15) is 19.7 Å². The minimum absolute atomic E-state index is 0.0260. The smallest absolute Gasteiger partial charge is 0.321 e. The number of amides is 1. The Labute approximate surface area is 134 Å². The van der Waals surface area contributed by atoms with Crippen molar-refractivity contribution in [3.63, 3.8) is 0 Å². The van der Waals surface area contributed by atoms with Crippen molar-refractivity contribution < 1.29 is 19.2 Å². The van der Waals surface area contributed by atoms with Crippen molar-refractivity contribution >= 4 is 17.9 Å². The molecule has 1 saturated carbocycles. The number of ether oxygens (including phenoxy) is 1. The average Bonchev–Trinajstić information content (AvgIpc) is 3.34. The molecule has 1 aromatic carbocycles. The van der Waals surface area contributed by atoms with Crippen LogP contribution in [0.15, 0.2) is 18.2 Å². The monoisotopic (exact) mass is 320 g/mol. The van der Waals surface area contributed by atoms with Gasteiger partial charge in [0.15, 0.2) is 12.0 Å². The van der Waals surface area contributed by atoms with E-state index >= 15 is 0 Å². The topological polar surface area (TPSA) is 98.5 Å². The van der Waals surface area contributed by atoms with Gasteiger partial charge in [-0.3, -0.25) is 19.7 Å². The van der Waals surface area contributed by atoms with Crippen molar-refractivity contribution in [2.75, 3.05) is 6.54 Å². The summed E-state index contributed by atoms with van der Waals surface area (Å²) >= 11 is 0. The summed E-state index contributed by atoms with van der Waals surface area (Å²) in [6.07, 6.45) is 3.16. The third-order valence-corrected chi connectivity index (χ3v) is 3.73. The molecule has 23 heavy (non-hydrogen) atoms. The Bertz CT molecular complexity index is 598. The maximum Gasteiger partial charge on any atom is 0.321 e. The van der Waals surface area contributed by atoms with E-state index in [1.54, 1.807) is 6.92 Å². The summed E-state index contributed by atoms with van der Waals surface area (Å²) in [5.74, 6) is 0.635. The van der Waals surface area contributed by atoms with Crippen LogP contribution in [0.5, 0.6) is 5.75 Å². The van der Waals surface area contributed by atoms with Gasteiger partial charge in [-0.1, -0.05) is 6.07 Å². The highest BCUT2D eigenvalue weighted by Crippen LogP contribution is 2.31. The summed E-state index contributed by atoms with van der Waals surface area (Å²) in [4.78, 5) is 33.1. The Morgan fingerprint density at radius 2 is 2.26 bits per heavy atom. The number of carbonyl (C=O) groups excluding carboxylic acids is 2. The van der Waals surface area contributed by atoms with Crippen molar-refractivity contribution in [1.29, 1.82) is 0 Å². The van der Waals surface area contributed by atoms with Crippen LogP contribution in [0.25, 0.3) is 0 Å². The lowest BCUT2D eigenvalue weighted by molar-refractivity contribution is -0.386. The Morgan fingerprint density at radius 1 is 1.52 bits per heavy atom. The van der Waals surface area contributed by atoms with Gasteiger partial charge in [-0.05, 0) is 44.2 Å². The van der Waals surface area contributed by atoms with Gasteiger partial charge in [0.1, 0.15) is 0 Å². The zero-order valence-electron chi connectivity index (χ0n) is 13.0. The minimum Gasteiger partial charge on any atom is -0.484 e. The van der Waals surface area contributed by atoms with Crippen LogP contribution >= 0.6 is 0 Å². The van der Waals surface area contributed by atoms with E-state index in [1.807, 2.05) is 0 Å². The maximum atomic E-state index is 11.7. The van der Waals surface area contributed by atoms with Gasteiger partial charge in [-0.15, -0.1) is 0 Å². The molecule has 124 valence electrons. The molecule has 0 spiro atoms. The minimum atomic E-state index is -0.631. The molecule has 2 rings (SSSR count). The summed E-state index contributed by atoms with van der Waals surface area (Å²) in [5, 5.41) is 14.0. The first-order valence-corrected chi connectivity index (χ1v) is 7.67. The van der Waals surface area contributed by atoms with Gasteiger partial charge >= 0.3 is 5.69 Å². The van der Waals surface area contributed by atoms with Crippen molar-refractivity contribution in [3.05, 3.63) is 33.9 Å². The molecule has 0 radical (unpaired) electrons. The molecule has 1 N–H and O–H groups in total. The van der Waals surface area contributed by atoms with Gasteiger partial charge in [0.05, 0.1) is 16.6 Å². The number of nitro benzene ring substituents is 1. The average molecular weight is 320 g/mol. The Kier molecular flexibility index (Phi) is 5.67. The third kappa shape index (κ3) is 5.05. The quantitative estimate of drug-likeness (QED) is 0.428. The number of carbonyl (C=O) groups is 2. The summed E-state index contributed by atoms with van der Waals surface area (Å²) in [5.41, 5.74) is -0.366. The molecule has 7 nitrogen and oxygen atoms in total. The molecule has 1 aromatic rings. The fourth-order valence-corrected chi connectivity index (χ4v) is 2.20. The van der Waals surface area contributed by atoms with Crippen LogP contribution in [-0.4, -0.2) is 29.8 Å². The lowest BCUT2D eigenvalue weighted by Crippen LogP contribution is -2.26. The Morgan fingerprint density at radius 3 is 2.87 bits per heavy atom. The molecule has 0 saturated heterocycles. The molecule has 0 heterocycles. The fraction of sp³-hybridized carbons (Fsp3) is 0.500. The van der Waals surface area contributed by atoms with Crippen LogP contribution < -0.4 is 10.1 Å². The van der Waals surface area contributed by atoms with E-state index in [1.165, 1.54) is 31.0 Å². The third-order valence-electron chi connectivity index (χ3n) is 3.73. The van der Waals surface area contributed by atoms with Gasteiger partial charge in [0.2, 0.25) is 5.91 Å². The lowest BCUT2D eigenvalue weighted by Gasteiger charge is -2.15. The number of nitro groups is 1. The van der Waals surface area contributed by atoms with Crippen LogP contribution in [-0.2, 0) is 4.79 Å². The highest BCUT2D eigenvalue weighted by Gasteiger charge is 2.23. The summed E-state index contributed by atoms with van der Waals surface area (Å²) in [6, 6.07) is 4.35. The van der Waals surface area contributed by atoms with Crippen LogP contribution in [0, 0.1) is 16.0 Å². The van der Waals surface area contributed by atoms with Gasteiger partial charge < -0.3 is 10.1 Å². The van der Waals surface area contributed by atoms with E-state index in [-0.39, 0.29) is 29.0 Å². The first-order chi connectivity index (χ1) is 11.0. The van der Waals surface area contributed by atoms with Crippen LogP contribution in [0.1, 0.15) is 43.0 Å². The predicted octanol–water partition coefficient (Wildman–Crippen LogP) is 2.48. The van der Waals surface area contributed by atoms with E-state index in [4.69, 9.17) is 4.74 Å². The molecule has 1 amide bonds. The molecule has 1 aliphatic rings. The van der Waals surface area contributed by atoms with Gasteiger partial charge in [-0.25, -0.2) is 0 Å². The number of nitrogens with zero attached hydrogens (tertiary/aromatic N) is 1. The second-order valence-electron chi connectivity index (χ2n) is 5.78. The molecule has 1 unspecified atom stereocenters. The normalized spacial score (nSPS) is 14.8. The molecule has 0 aliphatic heterocycles. The highest BCUT2D eigenvalue weighted by molar-refractivity contribution is 5.83. The predicted molar refractivity (Wildman–Crippen MR) is 83.5 cm³/mol. The van der Waals surface area contributed by atoms with E-state index < -0.39 is 4.92 Å². The second-order valence-corrected chi connectivity index (χ2v) is 5.78. The fourth-order valence-electron chi connectivity index (χ4n) is 2.20. The maximum absolute atomic E-state index is 11.7. The zero-order chi connectivity index (χ0) is 16.8. The Balaban J connectivity index is 1.89. The highest BCUT2D eigenvalue weighted by atomic mass is 16.6. The molecule has 0 aromatic heterocycles. The standard InChI is InChI=1S/C16H20N2O5/c1-11(5-8-15(20)17-9-12-6-7-12)23-14-4-2-3-13(10-19)16(14)18(21)22/h2-4,10-12H,5-9H2,1H3,(H,17,20). The number of hydrogen-bond donors (Lipinski definition) is 1. The van der Waals surface area contributed by atoms with E-state index in [0.717, 1.165) is 6.54 Å². The van der Waals surface area contributed by atoms with Crippen molar-refractivity contribution in [2.45, 2.75) is 38.7 Å². The second kappa shape index (κ2) is 7.71. The first-order valence-electron chi connectivity index (χ1n) is 7.67. The molecular formula is C16H20N2O5. The number of benzene rings is 1. The summed E-state index contributed by atoms with van der Waals surface area (Å²) in [7, 11) is 0. The van der Waals surface area contributed by atoms with Crippen molar-refractivity contribution in [3.8, 4) is 5.75 Å². The molecule has 1 atom stereocenters. The first kappa shape index (κ1) is 16.9. The summed E-state index contributed by atoms with van der Waals surface area (Å²) in [6.45, 7) is 2.46. The number of aldehydes is 1. The SMILES string of the molecule is CC(CCC(=O)NCC1CC1)Oc1cccc(C=O)c1[N+](=O)[O-]. The summed E-state index contributed by atoms with van der Waals surface area (Å²) < 4.78 is 5.56. The van der Waals surface area contributed by atoms with Crippen molar-refractivity contribution in [2.24, 2.45) is 5.92 Å². The van der Waals surface area contributed by atoms with Crippen LogP contribution in [0.2, 0.25) is 0 Å².